The smallest absolute Gasteiger partial charge is 0.255 e. The number of hydrazone groups is 1. The topological polar surface area (TPSA) is 116 Å². The fourth-order valence-corrected chi connectivity index (χ4v) is 3.74. The summed E-state index contributed by atoms with van der Waals surface area (Å²) in [6, 6.07) is 9.29. The summed E-state index contributed by atoms with van der Waals surface area (Å²) < 4.78 is 47.1. The predicted octanol–water partition coefficient (Wildman–Crippen LogP) is 1.49. The van der Waals surface area contributed by atoms with Crippen LogP contribution in [0.5, 0.6) is 23.0 Å². The zero-order chi connectivity index (χ0) is 23.0. The predicted molar refractivity (Wildman–Crippen MR) is 115 cm³/mol. The summed E-state index contributed by atoms with van der Waals surface area (Å²) in [6.07, 6.45) is 1.38. The van der Waals surface area contributed by atoms with Gasteiger partial charge in [0.25, 0.3) is 5.91 Å². The monoisotopic (exact) mass is 451 g/mol. The van der Waals surface area contributed by atoms with E-state index in [9.17, 15) is 13.2 Å². The molecule has 2 rings (SSSR count). The number of likely N-dealkylation sites (N-methyl/N-ethyl adjacent to an activating group) is 1. The van der Waals surface area contributed by atoms with Gasteiger partial charge in [-0.25, -0.2) is 13.8 Å². The first kappa shape index (κ1) is 24.0. The van der Waals surface area contributed by atoms with Crippen molar-refractivity contribution in [3.05, 3.63) is 42.0 Å². The van der Waals surface area contributed by atoms with Gasteiger partial charge < -0.3 is 18.9 Å². The number of nitrogens with one attached hydrogen (secondary N) is 1. The molecule has 11 heteroatoms. The van der Waals surface area contributed by atoms with Crippen molar-refractivity contribution in [3.8, 4) is 23.0 Å². The van der Waals surface area contributed by atoms with E-state index < -0.39 is 22.5 Å². The second-order valence-electron chi connectivity index (χ2n) is 6.18. The Morgan fingerprint density at radius 2 is 1.61 bits per heavy atom. The molecular formula is C20H25N3O7S. The van der Waals surface area contributed by atoms with Crippen LogP contribution in [0.4, 0.5) is 0 Å². The Bertz CT molecular complexity index is 1050. The number of methoxy groups -OCH3 is 4. The molecule has 0 radical (unpaired) electrons. The van der Waals surface area contributed by atoms with Gasteiger partial charge in [-0.2, -0.15) is 9.41 Å². The fraction of sp³-hybridized carbons (Fsp3) is 0.300. The van der Waals surface area contributed by atoms with Crippen molar-refractivity contribution in [2.75, 3.05) is 42.0 Å². The summed E-state index contributed by atoms with van der Waals surface area (Å²) in [5, 5.41) is 3.87. The maximum absolute atomic E-state index is 12.8. The average Bonchev–Trinajstić information content (AvgIpc) is 2.78. The Morgan fingerprint density at radius 3 is 2.23 bits per heavy atom. The normalized spacial score (nSPS) is 11.4. The highest BCUT2D eigenvalue weighted by Gasteiger charge is 2.24. The van der Waals surface area contributed by atoms with Crippen LogP contribution < -0.4 is 24.4 Å². The van der Waals surface area contributed by atoms with Crippen LogP contribution in [0.2, 0.25) is 0 Å². The van der Waals surface area contributed by atoms with Crippen molar-refractivity contribution in [2.45, 2.75) is 4.90 Å². The molecule has 10 nitrogen and oxygen atoms in total. The number of sulfonamides is 1. The second-order valence-corrected chi connectivity index (χ2v) is 8.22. The first-order chi connectivity index (χ1) is 14.8. The molecule has 168 valence electrons. The van der Waals surface area contributed by atoms with E-state index in [0.717, 1.165) is 4.31 Å². The standard InChI is InChI=1S/C20H25N3O7S/c1-23(31(25,26)16-7-9-18(29-4)19(11-16)30-5)13-20(24)22-21-12-14-10-15(27-2)6-8-17(14)28-3/h6-12H,13H2,1-5H3,(H,22,24)/b21-12-. The van der Waals surface area contributed by atoms with E-state index >= 15 is 0 Å². The molecule has 1 amide bonds. The molecule has 0 fully saturated rings. The minimum atomic E-state index is -3.94. The first-order valence-corrected chi connectivity index (χ1v) is 10.4. The molecule has 0 saturated heterocycles. The van der Waals surface area contributed by atoms with Gasteiger partial charge in [0.05, 0.1) is 46.1 Å². The molecule has 0 spiro atoms. The van der Waals surface area contributed by atoms with Crippen molar-refractivity contribution in [3.63, 3.8) is 0 Å². The summed E-state index contributed by atoms with van der Waals surface area (Å²) in [6.45, 7) is -0.441. The van der Waals surface area contributed by atoms with E-state index in [4.69, 9.17) is 18.9 Å². The van der Waals surface area contributed by atoms with E-state index in [1.54, 1.807) is 18.2 Å². The molecule has 0 aliphatic rings. The molecule has 2 aromatic rings. The largest absolute Gasteiger partial charge is 0.497 e. The lowest BCUT2D eigenvalue weighted by atomic mass is 10.2. The molecule has 0 bridgehead atoms. The van der Waals surface area contributed by atoms with Gasteiger partial charge in [-0.15, -0.1) is 0 Å². The molecular weight excluding hydrogens is 426 g/mol. The van der Waals surface area contributed by atoms with Gasteiger partial charge in [0.1, 0.15) is 11.5 Å². The number of ether oxygens (including phenoxy) is 4. The first-order valence-electron chi connectivity index (χ1n) is 8.99. The number of rotatable bonds is 10. The number of benzene rings is 2. The molecule has 2 aromatic carbocycles. The maximum atomic E-state index is 12.8. The number of hydrogen-bond acceptors (Lipinski definition) is 8. The zero-order valence-corrected chi connectivity index (χ0v) is 18.7. The van der Waals surface area contributed by atoms with Crippen molar-refractivity contribution >= 4 is 22.1 Å². The van der Waals surface area contributed by atoms with Gasteiger partial charge in [-0.1, -0.05) is 0 Å². The quantitative estimate of drug-likeness (QED) is 0.430. The van der Waals surface area contributed by atoms with Crippen LogP contribution in [0.15, 0.2) is 46.4 Å². The van der Waals surface area contributed by atoms with Gasteiger partial charge >= 0.3 is 0 Å². The summed E-state index contributed by atoms with van der Waals surface area (Å²) in [5.41, 5.74) is 2.88. The van der Waals surface area contributed by atoms with Crippen LogP contribution in [0.1, 0.15) is 5.56 Å². The number of hydrogen-bond donors (Lipinski definition) is 1. The highest BCUT2D eigenvalue weighted by Crippen LogP contribution is 2.30. The van der Waals surface area contributed by atoms with Crippen molar-refractivity contribution < 1.29 is 32.2 Å². The Balaban J connectivity index is 2.08. The Morgan fingerprint density at radius 1 is 0.968 bits per heavy atom. The number of carbonyl (C=O) groups excluding carboxylic acids is 1. The molecule has 31 heavy (non-hydrogen) atoms. The van der Waals surface area contributed by atoms with Gasteiger partial charge in [0.15, 0.2) is 11.5 Å². The van der Waals surface area contributed by atoms with E-state index in [0.29, 0.717) is 22.8 Å². The molecule has 1 N–H and O–H groups in total. The van der Waals surface area contributed by atoms with E-state index in [1.807, 2.05) is 0 Å². The van der Waals surface area contributed by atoms with Crippen LogP contribution in [-0.2, 0) is 14.8 Å². The molecule has 0 saturated carbocycles. The van der Waals surface area contributed by atoms with Crippen LogP contribution >= 0.6 is 0 Å². The number of amides is 1. The van der Waals surface area contributed by atoms with Crippen molar-refractivity contribution in [1.29, 1.82) is 0 Å². The Labute approximate surface area is 181 Å². The van der Waals surface area contributed by atoms with Crippen LogP contribution in [0.3, 0.4) is 0 Å². The van der Waals surface area contributed by atoms with E-state index in [-0.39, 0.29) is 10.6 Å². The third-order valence-corrected chi connectivity index (χ3v) is 6.06. The van der Waals surface area contributed by atoms with E-state index in [2.05, 4.69) is 10.5 Å². The van der Waals surface area contributed by atoms with Crippen molar-refractivity contribution in [2.24, 2.45) is 5.10 Å². The Kier molecular flexibility index (Phi) is 8.22. The summed E-state index contributed by atoms with van der Waals surface area (Å²) in [7, 11) is 3.24. The number of nitrogens with zero attached hydrogens (tertiary/aromatic N) is 2. The lowest BCUT2D eigenvalue weighted by Crippen LogP contribution is -2.36. The molecule has 0 atom stereocenters. The Hall–Kier alpha value is -3.31. The van der Waals surface area contributed by atoms with Gasteiger partial charge in [0, 0.05) is 18.7 Å². The maximum Gasteiger partial charge on any atom is 0.255 e. The molecule has 0 unspecified atom stereocenters. The molecule has 0 aromatic heterocycles. The minimum absolute atomic E-state index is 0.0370. The summed E-state index contributed by atoms with van der Waals surface area (Å²) in [5.74, 6) is 1.16. The minimum Gasteiger partial charge on any atom is -0.497 e. The zero-order valence-electron chi connectivity index (χ0n) is 17.9. The van der Waals surface area contributed by atoms with E-state index in [1.165, 1.54) is 59.9 Å². The van der Waals surface area contributed by atoms with Gasteiger partial charge in [-0.3, -0.25) is 4.79 Å². The van der Waals surface area contributed by atoms with Gasteiger partial charge in [0.2, 0.25) is 10.0 Å². The molecule has 0 heterocycles. The van der Waals surface area contributed by atoms with Crippen LogP contribution in [0, 0.1) is 0 Å². The molecule has 0 aliphatic carbocycles. The highest BCUT2D eigenvalue weighted by atomic mass is 32.2. The van der Waals surface area contributed by atoms with Crippen molar-refractivity contribution in [1.82, 2.24) is 9.73 Å². The summed E-state index contributed by atoms with van der Waals surface area (Å²) in [4.78, 5) is 12.2. The lowest BCUT2D eigenvalue weighted by molar-refractivity contribution is -0.121. The third kappa shape index (κ3) is 5.86. The molecule has 0 aliphatic heterocycles. The highest BCUT2D eigenvalue weighted by molar-refractivity contribution is 7.89. The number of carbonyl (C=O) groups is 1. The third-order valence-electron chi connectivity index (χ3n) is 4.26. The second kappa shape index (κ2) is 10.6. The average molecular weight is 452 g/mol. The fourth-order valence-electron chi connectivity index (χ4n) is 2.59. The van der Waals surface area contributed by atoms with Gasteiger partial charge in [-0.05, 0) is 30.3 Å². The SMILES string of the molecule is COc1ccc(OC)c(/C=N\NC(=O)CN(C)S(=O)(=O)c2ccc(OC)c(OC)c2)c1. The van der Waals surface area contributed by atoms with Crippen LogP contribution in [-0.4, -0.2) is 66.9 Å². The van der Waals surface area contributed by atoms with Crippen LogP contribution in [0.25, 0.3) is 0 Å². The lowest BCUT2D eigenvalue weighted by Gasteiger charge is -2.17. The summed E-state index contributed by atoms with van der Waals surface area (Å²) >= 11 is 0.